The summed E-state index contributed by atoms with van der Waals surface area (Å²) in [5.74, 6) is -3.22. The van der Waals surface area contributed by atoms with Crippen LogP contribution in [0.2, 0.25) is 0 Å². The van der Waals surface area contributed by atoms with Gasteiger partial charge in [-0.2, -0.15) is 0 Å². The summed E-state index contributed by atoms with van der Waals surface area (Å²) in [5.41, 5.74) is 2.44. The Morgan fingerprint density at radius 3 is 2.11 bits per heavy atom. The third-order valence-electron chi connectivity index (χ3n) is 2.17. The minimum atomic E-state index is -2.25. The first-order chi connectivity index (χ1) is 8.53. The lowest BCUT2D eigenvalue weighted by Crippen LogP contribution is -2.57. The fourth-order valence-electron chi connectivity index (χ4n) is 1.20. The smallest absolute Gasteiger partial charge is 0.338 e. The van der Waals surface area contributed by atoms with Crippen LogP contribution in [0, 0.1) is 0 Å². The van der Waals surface area contributed by atoms with Gasteiger partial charge in [-0.3, -0.25) is 4.79 Å². The number of rotatable bonds is 6. The van der Waals surface area contributed by atoms with Gasteiger partial charge in [-0.25, -0.2) is 9.59 Å². The van der Waals surface area contributed by atoms with Crippen molar-refractivity contribution in [2.75, 3.05) is 6.61 Å². The molecule has 0 rings (SSSR count). The minimum Gasteiger partial charge on any atom is -0.479 e. The number of esters is 2. The van der Waals surface area contributed by atoms with Crippen molar-refractivity contribution < 1.29 is 29.0 Å². The van der Waals surface area contributed by atoms with E-state index >= 15 is 0 Å². The van der Waals surface area contributed by atoms with E-state index in [-0.39, 0.29) is 19.4 Å². The molecule has 0 aliphatic heterocycles. The number of hydrogen-bond donors (Lipinski definition) is 2. The summed E-state index contributed by atoms with van der Waals surface area (Å²) in [6, 6.07) is 0. The van der Waals surface area contributed by atoms with E-state index in [4.69, 9.17) is 15.6 Å². The first kappa shape index (κ1) is 17.4. The van der Waals surface area contributed by atoms with Crippen molar-refractivity contribution in [2.45, 2.75) is 51.7 Å². The van der Waals surface area contributed by atoms with Gasteiger partial charge in [0.1, 0.15) is 5.60 Å². The standard InChI is InChI=1S/C12H21NO6/c1-5-18-8(14)6-7-12(13,9(15)16)10(17)19-11(2,3)4/h5-7,13H2,1-4H3,(H,15,16)/t12-/m0/s1. The summed E-state index contributed by atoms with van der Waals surface area (Å²) in [5, 5.41) is 9.06. The van der Waals surface area contributed by atoms with Crippen LogP contribution in [-0.4, -0.2) is 40.8 Å². The van der Waals surface area contributed by atoms with E-state index in [0.29, 0.717) is 0 Å². The first-order valence-electron chi connectivity index (χ1n) is 5.94. The third kappa shape index (κ3) is 5.69. The maximum Gasteiger partial charge on any atom is 0.338 e. The molecule has 0 aromatic carbocycles. The Bertz CT molecular complexity index is 360. The summed E-state index contributed by atoms with van der Waals surface area (Å²) in [6.45, 7) is 6.59. The molecule has 0 spiro atoms. The zero-order chi connectivity index (χ0) is 15.3. The molecule has 0 aliphatic carbocycles. The van der Waals surface area contributed by atoms with Gasteiger partial charge in [-0.1, -0.05) is 0 Å². The molecule has 0 fully saturated rings. The summed E-state index contributed by atoms with van der Waals surface area (Å²) in [6.07, 6.45) is -0.647. The van der Waals surface area contributed by atoms with E-state index < -0.39 is 29.0 Å². The zero-order valence-electron chi connectivity index (χ0n) is 11.7. The van der Waals surface area contributed by atoms with Crippen molar-refractivity contribution in [3.63, 3.8) is 0 Å². The fourth-order valence-corrected chi connectivity index (χ4v) is 1.20. The number of carboxylic acid groups (broad SMARTS) is 1. The SMILES string of the molecule is CCOC(=O)CC[C@](N)(C(=O)O)C(=O)OC(C)(C)C. The average molecular weight is 275 g/mol. The van der Waals surface area contributed by atoms with Gasteiger partial charge in [0.05, 0.1) is 6.61 Å². The molecule has 0 saturated carbocycles. The van der Waals surface area contributed by atoms with Crippen LogP contribution in [0.25, 0.3) is 0 Å². The molecule has 0 amide bonds. The number of carbonyl (C=O) groups excluding carboxylic acids is 2. The van der Waals surface area contributed by atoms with E-state index in [1.807, 2.05) is 0 Å². The number of hydrogen-bond acceptors (Lipinski definition) is 6. The minimum absolute atomic E-state index is 0.177. The molecule has 110 valence electrons. The second kappa shape index (κ2) is 6.51. The van der Waals surface area contributed by atoms with E-state index in [1.54, 1.807) is 27.7 Å². The Labute approximate surface area is 112 Å². The lowest BCUT2D eigenvalue weighted by atomic mass is 9.94. The molecule has 0 radical (unpaired) electrons. The van der Waals surface area contributed by atoms with Crippen molar-refractivity contribution in [3.8, 4) is 0 Å². The molecule has 0 bridgehead atoms. The summed E-state index contributed by atoms with van der Waals surface area (Å²) < 4.78 is 9.62. The van der Waals surface area contributed by atoms with Crippen LogP contribution in [0.5, 0.6) is 0 Å². The Balaban J connectivity index is 4.81. The predicted octanol–water partition coefficient (Wildman–Crippen LogP) is 0.454. The first-order valence-corrected chi connectivity index (χ1v) is 5.94. The van der Waals surface area contributed by atoms with Crippen LogP contribution in [0.3, 0.4) is 0 Å². The van der Waals surface area contributed by atoms with E-state index in [0.717, 1.165) is 0 Å². The highest BCUT2D eigenvalue weighted by atomic mass is 16.6. The molecular weight excluding hydrogens is 254 g/mol. The molecule has 0 aromatic heterocycles. The van der Waals surface area contributed by atoms with E-state index in [9.17, 15) is 14.4 Å². The second-order valence-corrected chi connectivity index (χ2v) is 5.08. The molecule has 0 heterocycles. The van der Waals surface area contributed by atoms with Crippen molar-refractivity contribution in [2.24, 2.45) is 5.73 Å². The maximum absolute atomic E-state index is 11.8. The average Bonchev–Trinajstić information content (AvgIpc) is 2.23. The van der Waals surface area contributed by atoms with Crippen molar-refractivity contribution in [1.82, 2.24) is 0 Å². The Kier molecular flexibility index (Phi) is 5.95. The monoisotopic (exact) mass is 275 g/mol. The zero-order valence-corrected chi connectivity index (χ0v) is 11.7. The van der Waals surface area contributed by atoms with Crippen LogP contribution in [-0.2, 0) is 23.9 Å². The van der Waals surface area contributed by atoms with Crippen molar-refractivity contribution in [1.29, 1.82) is 0 Å². The predicted molar refractivity (Wildman–Crippen MR) is 66.3 cm³/mol. The van der Waals surface area contributed by atoms with Crippen molar-refractivity contribution in [3.05, 3.63) is 0 Å². The van der Waals surface area contributed by atoms with Crippen LogP contribution in [0.15, 0.2) is 0 Å². The lowest BCUT2D eigenvalue weighted by molar-refractivity contribution is -0.169. The summed E-state index contributed by atoms with van der Waals surface area (Å²) >= 11 is 0. The van der Waals surface area contributed by atoms with Gasteiger partial charge in [-0.15, -0.1) is 0 Å². The van der Waals surface area contributed by atoms with Gasteiger partial charge >= 0.3 is 17.9 Å². The highest BCUT2D eigenvalue weighted by Gasteiger charge is 2.45. The Morgan fingerprint density at radius 1 is 1.21 bits per heavy atom. The van der Waals surface area contributed by atoms with Crippen LogP contribution in [0.1, 0.15) is 40.5 Å². The van der Waals surface area contributed by atoms with Crippen LogP contribution in [0.4, 0.5) is 0 Å². The summed E-state index contributed by atoms with van der Waals surface area (Å²) in [4.78, 5) is 34.2. The molecule has 0 unspecified atom stereocenters. The Morgan fingerprint density at radius 2 is 1.74 bits per heavy atom. The molecule has 0 saturated heterocycles. The number of ether oxygens (including phenoxy) is 2. The molecule has 3 N–H and O–H groups in total. The van der Waals surface area contributed by atoms with Crippen molar-refractivity contribution >= 4 is 17.9 Å². The number of carboxylic acids is 1. The highest BCUT2D eigenvalue weighted by Crippen LogP contribution is 2.18. The van der Waals surface area contributed by atoms with Gasteiger partial charge in [-0.05, 0) is 34.1 Å². The number of aliphatic carboxylic acids is 1. The maximum atomic E-state index is 11.8. The number of nitrogens with two attached hydrogens (primary N) is 1. The van der Waals surface area contributed by atoms with Gasteiger partial charge in [0.2, 0.25) is 5.54 Å². The van der Waals surface area contributed by atoms with Gasteiger partial charge in [0, 0.05) is 6.42 Å². The highest BCUT2D eigenvalue weighted by molar-refractivity contribution is 6.04. The topological polar surface area (TPSA) is 116 Å². The van der Waals surface area contributed by atoms with Gasteiger partial charge in [0.25, 0.3) is 0 Å². The van der Waals surface area contributed by atoms with E-state index in [2.05, 4.69) is 4.74 Å². The largest absolute Gasteiger partial charge is 0.479 e. The Hall–Kier alpha value is -1.63. The number of carbonyl (C=O) groups is 3. The normalized spacial score (nSPS) is 14.4. The van der Waals surface area contributed by atoms with Gasteiger partial charge in [0.15, 0.2) is 0 Å². The van der Waals surface area contributed by atoms with Crippen LogP contribution >= 0.6 is 0 Å². The van der Waals surface area contributed by atoms with Gasteiger partial charge < -0.3 is 20.3 Å². The molecule has 0 aromatic rings. The molecule has 19 heavy (non-hydrogen) atoms. The molecule has 1 atom stereocenters. The molecule has 7 heteroatoms. The third-order valence-corrected chi connectivity index (χ3v) is 2.17. The van der Waals surface area contributed by atoms with Crippen LogP contribution < -0.4 is 5.73 Å². The molecular formula is C12H21NO6. The molecule has 0 aliphatic rings. The van der Waals surface area contributed by atoms with E-state index in [1.165, 1.54) is 0 Å². The second-order valence-electron chi connectivity index (χ2n) is 5.08. The lowest BCUT2D eigenvalue weighted by Gasteiger charge is -2.27. The quantitative estimate of drug-likeness (QED) is 0.534. The summed E-state index contributed by atoms with van der Waals surface area (Å²) in [7, 11) is 0. The fraction of sp³-hybridized carbons (Fsp3) is 0.750. The molecule has 7 nitrogen and oxygen atoms in total.